The van der Waals surface area contributed by atoms with E-state index in [-0.39, 0.29) is 23.5 Å². The van der Waals surface area contributed by atoms with E-state index in [0.29, 0.717) is 11.4 Å². The van der Waals surface area contributed by atoms with Gasteiger partial charge in [-0.1, -0.05) is 35.2 Å². The summed E-state index contributed by atoms with van der Waals surface area (Å²) >= 11 is 3.42. The molecule has 6 nitrogen and oxygen atoms in total. The number of carbonyl (C=O) groups is 1. The highest BCUT2D eigenvalue weighted by Crippen LogP contribution is 2.27. The molecule has 3 rings (SSSR count). The molecule has 0 saturated heterocycles. The van der Waals surface area contributed by atoms with Crippen molar-refractivity contribution in [3.63, 3.8) is 0 Å². The first-order valence-electron chi connectivity index (χ1n) is 10.0. The van der Waals surface area contributed by atoms with Crippen LogP contribution in [0.1, 0.15) is 37.7 Å². The number of nitrogens with one attached hydrogen (secondary N) is 1. The molecule has 2 aromatic carbocycles. The van der Waals surface area contributed by atoms with Crippen LogP contribution in [0.15, 0.2) is 51.8 Å². The molecule has 8 heteroatoms. The maximum absolute atomic E-state index is 12.9. The number of sulfonamides is 1. The smallest absolute Gasteiger partial charge is 0.262 e. The van der Waals surface area contributed by atoms with Crippen molar-refractivity contribution in [2.24, 2.45) is 0 Å². The van der Waals surface area contributed by atoms with Crippen LogP contribution in [0.2, 0.25) is 0 Å². The Morgan fingerprint density at radius 3 is 2.43 bits per heavy atom. The summed E-state index contributed by atoms with van der Waals surface area (Å²) in [6.07, 6.45) is 5.11. The van der Waals surface area contributed by atoms with Gasteiger partial charge in [-0.2, -0.15) is 4.31 Å². The molecule has 0 unspecified atom stereocenters. The van der Waals surface area contributed by atoms with Gasteiger partial charge in [0.25, 0.3) is 5.91 Å². The fourth-order valence-electron chi connectivity index (χ4n) is 3.57. The third kappa shape index (κ3) is 5.62. The van der Waals surface area contributed by atoms with Gasteiger partial charge in [-0.25, -0.2) is 8.42 Å². The Bertz CT molecular complexity index is 987. The van der Waals surface area contributed by atoms with Gasteiger partial charge >= 0.3 is 0 Å². The summed E-state index contributed by atoms with van der Waals surface area (Å²) in [4.78, 5) is 12.4. The van der Waals surface area contributed by atoms with Crippen molar-refractivity contribution in [2.45, 2.75) is 50.0 Å². The molecule has 2 aromatic rings. The molecule has 1 aliphatic rings. The minimum absolute atomic E-state index is 0.0579. The summed E-state index contributed by atoms with van der Waals surface area (Å²) in [5.74, 6) is 0.295. The molecule has 1 saturated carbocycles. The molecule has 162 valence electrons. The zero-order valence-corrected chi connectivity index (χ0v) is 19.6. The standard InChI is InChI=1S/C22H27BrN2O4S/c1-16-14-19(10-13-21(16)23)29-15-22(26)24-17-8-11-20(12-9-17)30(27,28)25(2)18-6-4-3-5-7-18/h8-14,18H,3-7,15H2,1-2H3,(H,24,26). The molecule has 0 radical (unpaired) electrons. The summed E-state index contributed by atoms with van der Waals surface area (Å²) in [5.41, 5.74) is 1.54. The number of hydrogen-bond donors (Lipinski definition) is 1. The van der Waals surface area contributed by atoms with E-state index in [1.807, 2.05) is 19.1 Å². The molecule has 0 aromatic heterocycles. The largest absolute Gasteiger partial charge is 0.484 e. The van der Waals surface area contributed by atoms with Crippen LogP contribution in [-0.2, 0) is 14.8 Å². The monoisotopic (exact) mass is 494 g/mol. The predicted molar refractivity (Wildman–Crippen MR) is 121 cm³/mol. The second-order valence-corrected chi connectivity index (χ2v) is 10.4. The fraction of sp³-hybridized carbons (Fsp3) is 0.409. The van der Waals surface area contributed by atoms with Gasteiger partial charge in [0.05, 0.1) is 4.90 Å². The van der Waals surface area contributed by atoms with Crippen molar-refractivity contribution in [1.82, 2.24) is 4.31 Å². The quantitative estimate of drug-likeness (QED) is 0.603. The van der Waals surface area contributed by atoms with E-state index in [9.17, 15) is 13.2 Å². The van der Waals surface area contributed by atoms with Gasteiger partial charge in [-0.15, -0.1) is 0 Å². The summed E-state index contributed by atoms with van der Waals surface area (Å²) in [5, 5.41) is 2.73. The minimum Gasteiger partial charge on any atom is -0.484 e. The number of ether oxygens (including phenoxy) is 1. The number of nitrogens with zero attached hydrogens (tertiary/aromatic N) is 1. The van der Waals surface area contributed by atoms with E-state index in [1.165, 1.54) is 22.9 Å². The van der Waals surface area contributed by atoms with Gasteiger partial charge in [0, 0.05) is 23.2 Å². The van der Waals surface area contributed by atoms with E-state index in [1.54, 1.807) is 25.2 Å². The number of amides is 1. The number of hydrogen-bond acceptors (Lipinski definition) is 4. The van der Waals surface area contributed by atoms with Crippen molar-refractivity contribution >= 4 is 37.5 Å². The van der Waals surface area contributed by atoms with Gasteiger partial charge in [0.2, 0.25) is 10.0 Å². The third-order valence-electron chi connectivity index (χ3n) is 5.40. The van der Waals surface area contributed by atoms with Gasteiger partial charge in [0.15, 0.2) is 6.61 Å². The highest BCUT2D eigenvalue weighted by atomic mass is 79.9. The van der Waals surface area contributed by atoms with Gasteiger partial charge < -0.3 is 10.1 Å². The molecular formula is C22H27BrN2O4S. The molecule has 0 atom stereocenters. The molecule has 0 bridgehead atoms. The Labute approximate surface area is 186 Å². The number of carbonyl (C=O) groups excluding carboxylic acids is 1. The predicted octanol–water partition coefficient (Wildman–Crippen LogP) is 4.73. The van der Waals surface area contributed by atoms with Gasteiger partial charge in [0.1, 0.15) is 5.75 Å². The van der Waals surface area contributed by atoms with Crippen LogP contribution in [0.4, 0.5) is 5.69 Å². The molecule has 1 N–H and O–H groups in total. The van der Waals surface area contributed by atoms with Crippen LogP contribution in [0.5, 0.6) is 5.75 Å². The molecule has 1 amide bonds. The van der Waals surface area contributed by atoms with E-state index < -0.39 is 10.0 Å². The number of rotatable bonds is 7. The first-order chi connectivity index (χ1) is 14.3. The Morgan fingerprint density at radius 1 is 1.13 bits per heavy atom. The van der Waals surface area contributed by atoms with E-state index in [4.69, 9.17) is 4.74 Å². The van der Waals surface area contributed by atoms with E-state index >= 15 is 0 Å². The summed E-state index contributed by atoms with van der Waals surface area (Å²) in [6.45, 7) is 1.81. The lowest BCUT2D eigenvalue weighted by molar-refractivity contribution is -0.118. The lowest BCUT2D eigenvalue weighted by Crippen LogP contribution is -2.38. The Kier molecular flexibility index (Phi) is 7.55. The molecule has 1 fully saturated rings. The van der Waals surface area contributed by atoms with Gasteiger partial charge in [-0.3, -0.25) is 4.79 Å². The highest BCUT2D eigenvalue weighted by Gasteiger charge is 2.28. The zero-order valence-electron chi connectivity index (χ0n) is 17.2. The second-order valence-electron chi connectivity index (χ2n) is 7.59. The Hall–Kier alpha value is -1.90. The Balaban J connectivity index is 1.58. The molecule has 0 heterocycles. The molecular weight excluding hydrogens is 468 g/mol. The lowest BCUT2D eigenvalue weighted by atomic mass is 9.96. The third-order valence-corrected chi connectivity index (χ3v) is 8.22. The van der Waals surface area contributed by atoms with Crippen LogP contribution in [0.25, 0.3) is 0 Å². The summed E-state index contributed by atoms with van der Waals surface area (Å²) < 4.78 is 33.8. The summed E-state index contributed by atoms with van der Waals surface area (Å²) in [7, 11) is -1.89. The maximum Gasteiger partial charge on any atom is 0.262 e. The van der Waals surface area contributed by atoms with Crippen molar-refractivity contribution in [3.8, 4) is 5.75 Å². The number of anilines is 1. The SMILES string of the molecule is Cc1cc(OCC(=O)Nc2ccc(S(=O)(=O)N(C)C3CCCCC3)cc2)ccc1Br. The normalized spacial score (nSPS) is 15.2. The lowest BCUT2D eigenvalue weighted by Gasteiger charge is -2.30. The fourth-order valence-corrected chi connectivity index (χ4v) is 5.23. The average Bonchev–Trinajstić information content (AvgIpc) is 2.75. The van der Waals surface area contributed by atoms with Crippen molar-refractivity contribution in [3.05, 3.63) is 52.5 Å². The average molecular weight is 495 g/mol. The number of benzene rings is 2. The Morgan fingerprint density at radius 2 is 1.80 bits per heavy atom. The number of aryl methyl sites for hydroxylation is 1. The van der Waals surface area contributed by atoms with E-state index in [0.717, 1.165) is 35.7 Å². The van der Waals surface area contributed by atoms with Crippen LogP contribution in [-0.4, -0.2) is 38.3 Å². The van der Waals surface area contributed by atoms with Crippen LogP contribution in [0, 0.1) is 6.92 Å². The molecule has 30 heavy (non-hydrogen) atoms. The highest BCUT2D eigenvalue weighted by molar-refractivity contribution is 9.10. The minimum atomic E-state index is -3.55. The zero-order chi connectivity index (χ0) is 21.7. The first kappa shape index (κ1) is 22.8. The second kappa shape index (κ2) is 9.94. The van der Waals surface area contributed by atoms with Crippen LogP contribution >= 0.6 is 15.9 Å². The molecule has 0 aliphatic heterocycles. The van der Waals surface area contributed by atoms with Crippen molar-refractivity contribution in [2.75, 3.05) is 19.0 Å². The van der Waals surface area contributed by atoms with Crippen molar-refractivity contribution < 1.29 is 17.9 Å². The number of halogens is 1. The molecule has 0 spiro atoms. The first-order valence-corrected chi connectivity index (χ1v) is 12.3. The van der Waals surface area contributed by atoms with Crippen molar-refractivity contribution in [1.29, 1.82) is 0 Å². The van der Waals surface area contributed by atoms with Crippen LogP contribution in [0.3, 0.4) is 0 Å². The summed E-state index contributed by atoms with van der Waals surface area (Å²) in [6, 6.07) is 11.8. The topological polar surface area (TPSA) is 75.7 Å². The molecule has 1 aliphatic carbocycles. The van der Waals surface area contributed by atoms with Gasteiger partial charge in [-0.05, 0) is 67.8 Å². The maximum atomic E-state index is 12.9. The van der Waals surface area contributed by atoms with E-state index in [2.05, 4.69) is 21.2 Å². The van der Waals surface area contributed by atoms with Crippen LogP contribution < -0.4 is 10.1 Å².